The van der Waals surface area contributed by atoms with Gasteiger partial charge in [0.25, 0.3) is 0 Å². The molecule has 0 aromatic carbocycles. The molecule has 0 radical (unpaired) electrons. The summed E-state index contributed by atoms with van der Waals surface area (Å²) >= 11 is 0. The van der Waals surface area contributed by atoms with Crippen molar-refractivity contribution < 1.29 is 29.4 Å². The van der Waals surface area contributed by atoms with Gasteiger partial charge in [0.1, 0.15) is 24.7 Å². The van der Waals surface area contributed by atoms with E-state index in [1.165, 1.54) is 6.92 Å². The number of guanidine groups is 1. The van der Waals surface area contributed by atoms with E-state index in [1.54, 1.807) is 0 Å². The Morgan fingerprint density at radius 2 is 1.50 bits per heavy atom. The van der Waals surface area contributed by atoms with Crippen LogP contribution in [0.5, 0.6) is 0 Å². The van der Waals surface area contributed by atoms with Gasteiger partial charge in [0.15, 0.2) is 5.96 Å². The van der Waals surface area contributed by atoms with E-state index in [-0.39, 0.29) is 25.3 Å². The third-order valence-electron chi connectivity index (χ3n) is 4.39. The normalized spacial score (nSPS) is 14.4. The Morgan fingerprint density at radius 3 is 2.03 bits per heavy atom. The molecule has 13 N–H and O–H groups in total. The third-order valence-corrected chi connectivity index (χ3v) is 4.39. The van der Waals surface area contributed by atoms with Crippen LogP contribution in [0.3, 0.4) is 0 Å². The highest BCUT2D eigenvalue weighted by molar-refractivity contribution is 5.93. The van der Waals surface area contributed by atoms with Crippen LogP contribution in [0.1, 0.15) is 39.0 Å². The van der Waals surface area contributed by atoms with Crippen molar-refractivity contribution in [3.05, 3.63) is 0 Å². The minimum atomic E-state index is -1.26. The first-order valence-corrected chi connectivity index (χ1v) is 10.3. The molecule has 0 saturated heterocycles. The molecular formula is C18H36N8O6. The standard InChI is InChI=1S/C18H36N8O6/c1-10(27)14(20)17(32)26-12(6-4-8-23-18(21)22)16(31)25-11(5-2-3-7-19)15(30)24-9-13(28)29/h10-12,14,27H,2-9,19-20H2,1H3,(H,24,30)(H,25,31)(H,26,32)(H,28,29)(H4,21,22,23). The van der Waals surface area contributed by atoms with Gasteiger partial charge < -0.3 is 49.1 Å². The van der Waals surface area contributed by atoms with Crippen LogP contribution in [0.2, 0.25) is 0 Å². The summed E-state index contributed by atoms with van der Waals surface area (Å²) in [4.78, 5) is 52.0. The van der Waals surface area contributed by atoms with Crippen LogP contribution in [0.15, 0.2) is 4.99 Å². The molecule has 14 heteroatoms. The van der Waals surface area contributed by atoms with Gasteiger partial charge in [-0.15, -0.1) is 0 Å². The van der Waals surface area contributed by atoms with Gasteiger partial charge in [-0.2, -0.15) is 0 Å². The molecule has 4 atom stereocenters. The highest BCUT2D eigenvalue weighted by atomic mass is 16.4. The van der Waals surface area contributed by atoms with Gasteiger partial charge in [-0.1, -0.05) is 0 Å². The highest BCUT2D eigenvalue weighted by Gasteiger charge is 2.29. The average molecular weight is 461 g/mol. The summed E-state index contributed by atoms with van der Waals surface area (Å²) in [6.07, 6.45) is 0.620. The predicted molar refractivity (Wildman–Crippen MR) is 117 cm³/mol. The van der Waals surface area contributed by atoms with E-state index in [2.05, 4.69) is 20.9 Å². The monoisotopic (exact) mass is 460 g/mol. The number of carboxylic acids is 1. The van der Waals surface area contributed by atoms with Crippen molar-refractivity contribution in [2.45, 2.75) is 63.3 Å². The second kappa shape index (κ2) is 15.8. The highest BCUT2D eigenvalue weighted by Crippen LogP contribution is 2.05. The summed E-state index contributed by atoms with van der Waals surface area (Å²) in [5, 5.41) is 25.5. The number of unbranched alkanes of at least 4 members (excludes halogenated alkanes) is 1. The Hall–Kier alpha value is -2.97. The van der Waals surface area contributed by atoms with Gasteiger partial charge in [-0.3, -0.25) is 24.2 Å². The molecule has 14 nitrogen and oxygen atoms in total. The lowest BCUT2D eigenvalue weighted by Crippen LogP contribution is -2.57. The maximum atomic E-state index is 12.8. The molecule has 0 bridgehead atoms. The van der Waals surface area contributed by atoms with Crippen molar-refractivity contribution in [2.75, 3.05) is 19.6 Å². The van der Waals surface area contributed by atoms with Crippen molar-refractivity contribution in [2.24, 2.45) is 27.9 Å². The molecule has 184 valence electrons. The van der Waals surface area contributed by atoms with E-state index < -0.39 is 54.5 Å². The maximum absolute atomic E-state index is 12.8. The summed E-state index contributed by atoms with van der Waals surface area (Å²) in [6.45, 7) is 1.31. The van der Waals surface area contributed by atoms with Crippen LogP contribution in [0, 0.1) is 0 Å². The Bertz CT molecular complexity index is 653. The number of aliphatic hydroxyl groups is 1. The Balaban J connectivity index is 5.33. The number of nitrogens with zero attached hydrogens (tertiary/aromatic N) is 1. The molecule has 0 aromatic rings. The number of rotatable bonds is 16. The summed E-state index contributed by atoms with van der Waals surface area (Å²) in [7, 11) is 0. The predicted octanol–water partition coefficient (Wildman–Crippen LogP) is -3.95. The number of aliphatic carboxylic acids is 1. The molecular weight excluding hydrogens is 424 g/mol. The number of aliphatic hydroxyl groups excluding tert-OH is 1. The van der Waals surface area contributed by atoms with E-state index in [0.717, 1.165) is 0 Å². The molecule has 0 rings (SSSR count). The second-order valence-electron chi connectivity index (χ2n) is 7.23. The van der Waals surface area contributed by atoms with Crippen LogP contribution in [0.4, 0.5) is 0 Å². The number of amides is 3. The number of carbonyl (C=O) groups excluding carboxylic acids is 3. The number of carboxylic acid groups (broad SMARTS) is 1. The van der Waals surface area contributed by atoms with Gasteiger partial charge in [-0.05, 0) is 45.6 Å². The molecule has 0 heterocycles. The van der Waals surface area contributed by atoms with E-state index in [9.17, 15) is 24.3 Å². The quantitative estimate of drug-likeness (QED) is 0.0612. The summed E-state index contributed by atoms with van der Waals surface area (Å²) in [6, 6.07) is -3.39. The van der Waals surface area contributed by atoms with Gasteiger partial charge in [0, 0.05) is 6.54 Å². The second-order valence-corrected chi connectivity index (χ2v) is 7.23. The fraction of sp³-hybridized carbons (Fsp3) is 0.722. The number of nitrogens with two attached hydrogens (primary N) is 4. The van der Waals surface area contributed by atoms with Crippen LogP contribution in [-0.2, 0) is 19.2 Å². The van der Waals surface area contributed by atoms with Crippen molar-refractivity contribution in [1.29, 1.82) is 0 Å². The zero-order valence-corrected chi connectivity index (χ0v) is 18.3. The number of carbonyl (C=O) groups is 4. The molecule has 0 fully saturated rings. The van der Waals surface area contributed by atoms with Gasteiger partial charge in [0.2, 0.25) is 17.7 Å². The van der Waals surface area contributed by atoms with Crippen molar-refractivity contribution >= 4 is 29.7 Å². The summed E-state index contributed by atoms with van der Waals surface area (Å²) < 4.78 is 0. The van der Waals surface area contributed by atoms with Crippen molar-refractivity contribution in [1.82, 2.24) is 16.0 Å². The maximum Gasteiger partial charge on any atom is 0.322 e. The SMILES string of the molecule is CC(O)C(N)C(=O)NC(CCCN=C(N)N)C(=O)NC(CCCCN)C(=O)NCC(=O)O. The molecule has 3 amide bonds. The summed E-state index contributed by atoms with van der Waals surface area (Å²) in [5.74, 6) is -3.46. The molecule has 0 aliphatic rings. The van der Waals surface area contributed by atoms with E-state index >= 15 is 0 Å². The smallest absolute Gasteiger partial charge is 0.322 e. The molecule has 4 unspecified atom stereocenters. The molecule has 0 aliphatic carbocycles. The van der Waals surface area contributed by atoms with Crippen LogP contribution < -0.4 is 38.9 Å². The lowest BCUT2D eigenvalue weighted by molar-refractivity contribution is -0.138. The molecule has 0 aromatic heterocycles. The average Bonchev–Trinajstić information content (AvgIpc) is 2.72. The lowest BCUT2D eigenvalue weighted by atomic mass is 10.1. The Labute approximate surface area is 186 Å². The summed E-state index contributed by atoms with van der Waals surface area (Å²) in [5.41, 5.74) is 21.6. The first-order chi connectivity index (χ1) is 15.0. The molecule has 0 spiro atoms. The number of hydrogen-bond acceptors (Lipinski definition) is 8. The Kier molecular flexibility index (Phi) is 14.3. The fourth-order valence-electron chi connectivity index (χ4n) is 2.58. The zero-order valence-electron chi connectivity index (χ0n) is 18.3. The van der Waals surface area contributed by atoms with Gasteiger partial charge in [0.05, 0.1) is 6.10 Å². The molecule has 32 heavy (non-hydrogen) atoms. The third kappa shape index (κ3) is 12.7. The van der Waals surface area contributed by atoms with Gasteiger partial charge in [-0.25, -0.2) is 0 Å². The minimum Gasteiger partial charge on any atom is -0.480 e. The first kappa shape index (κ1) is 29.0. The minimum absolute atomic E-state index is 0.118. The van der Waals surface area contributed by atoms with Gasteiger partial charge >= 0.3 is 5.97 Å². The van der Waals surface area contributed by atoms with E-state index in [0.29, 0.717) is 25.8 Å². The van der Waals surface area contributed by atoms with Crippen molar-refractivity contribution in [3.8, 4) is 0 Å². The number of hydrogen-bond donors (Lipinski definition) is 9. The number of nitrogens with one attached hydrogen (secondary N) is 3. The van der Waals surface area contributed by atoms with Crippen LogP contribution >= 0.6 is 0 Å². The lowest BCUT2D eigenvalue weighted by Gasteiger charge is -2.24. The largest absolute Gasteiger partial charge is 0.480 e. The van der Waals surface area contributed by atoms with Crippen LogP contribution in [0.25, 0.3) is 0 Å². The topological polar surface area (TPSA) is 261 Å². The van der Waals surface area contributed by atoms with E-state index in [1.807, 2.05) is 0 Å². The molecule has 0 saturated carbocycles. The first-order valence-electron chi connectivity index (χ1n) is 10.3. The van der Waals surface area contributed by atoms with Crippen molar-refractivity contribution in [3.63, 3.8) is 0 Å². The Morgan fingerprint density at radius 1 is 0.938 bits per heavy atom. The fourth-order valence-corrected chi connectivity index (χ4v) is 2.58. The number of aliphatic imine (C=N–C) groups is 1. The molecule has 0 aliphatic heterocycles. The zero-order chi connectivity index (χ0) is 24.7. The van der Waals surface area contributed by atoms with E-state index in [4.69, 9.17) is 28.0 Å². The van der Waals surface area contributed by atoms with Crippen LogP contribution in [-0.4, -0.2) is 83.7 Å².